The monoisotopic (exact) mass is 248 g/mol. The van der Waals surface area contributed by atoms with Gasteiger partial charge in [0.2, 0.25) is 8.32 Å². The van der Waals surface area contributed by atoms with Crippen LogP contribution in [0, 0.1) is 0 Å². The van der Waals surface area contributed by atoms with Gasteiger partial charge in [-0.1, -0.05) is 37.3 Å². The zero-order valence-corrected chi connectivity index (χ0v) is 12.7. The molecule has 0 N–H and O–H groups in total. The van der Waals surface area contributed by atoms with E-state index in [1.165, 1.54) is 11.1 Å². The summed E-state index contributed by atoms with van der Waals surface area (Å²) in [6.45, 7) is 11.0. The number of allylic oxidation sites excluding steroid dienone is 1. The Morgan fingerprint density at radius 3 is 2.29 bits per heavy atom. The third-order valence-corrected chi connectivity index (χ3v) is 3.58. The quantitative estimate of drug-likeness (QED) is 0.530. The van der Waals surface area contributed by atoms with Crippen LogP contribution >= 0.6 is 0 Å². The molecule has 94 valence electrons. The summed E-state index contributed by atoms with van der Waals surface area (Å²) in [7, 11) is -1.46. The zero-order valence-electron chi connectivity index (χ0n) is 11.7. The molecule has 1 nitrogen and oxygen atoms in total. The first-order valence-corrected chi connectivity index (χ1v) is 9.74. The first kappa shape index (κ1) is 14.0. The SMILES string of the molecule is CCC(/C(C)=C/O[Si](C)(C)C)c1ccccc1. The summed E-state index contributed by atoms with van der Waals surface area (Å²) in [4.78, 5) is 0. The van der Waals surface area contributed by atoms with Crippen LogP contribution in [0.15, 0.2) is 42.2 Å². The van der Waals surface area contributed by atoms with Crippen molar-refractivity contribution in [3.63, 3.8) is 0 Å². The third kappa shape index (κ3) is 4.78. The van der Waals surface area contributed by atoms with Gasteiger partial charge in [-0.3, -0.25) is 0 Å². The Hall–Kier alpha value is -1.02. The Kier molecular flexibility index (Phi) is 5.00. The van der Waals surface area contributed by atoms with Gasteiger partial charge in [-0.05, 0) is 44.1 Å². The molecule has 0 saturated carbocycles. The smallest absolute Gasteiger partial charge is 0.241 e. The molecule has 0 spiro atoms. The molecular weight excluding hydrogens is 224 g/mol. The lowest BCUT2D eigenvalue weighted by Gasteiger charge is -2.20. The molecule has 0 aliphatic rings. The van der Waals surface area contributed by atoms with Crippen molar-refractivity contribution in [2.75, 3.05) is 0 Å². The van der Waals surface area contributed by atoms with E-state index in [9.17, 15) is 0 Å². The molecule has 0 aliphatic carbocycles. The maximum Gasteiger partial charge on any atom is 0.241 e. The molecule has 0 bridgehead atoms. The lowest BCUT2D eigenvalue weighted by atomic mass is 9.90. The van der Waals surface area contributed by atoms with Crippen LogP contribution in [0.5, 0.6) is 0 Å². The minimum atomic E-state index is -1.46. The minimum absolute atomic E-state index is 0.479. The average Bonchev–Trinajstić information content (AvgIpc) is 2.28. The highest BCUT2D eigenvalue weighted by Crippen LogP contribution is 2.27. The van der Waals surface area contributed by atoms with E-state index < -0.39 is 8.32 Å². The van der Waals surface area contributed by atoms with Crippen LogP contribution in [0.4, 0.5) is 0 Å². The maximum absolute atomic E-state index is 5.87. The summed E-state index contributed by atoms with van der Waals surface area (Å²) in [5, 5.41) is 0. The lowest BCUT2D eigenvalue weighted by Crippen LogP contribution is -2.22. The highest BCUT2D eigenvalue weighted by atomic mass is 28.4. The van der Waals surface area contributed by atoms with Crippen LogP contribution < -0.4 is 0 Å². The van der Waals surface area contributed by atoms with E-state index in [1.807, 2.05) is 6.26 Å². The Labute approximate surface area is 107 Å². The first-order chi connectivity index (χ1) is 7.94. The van der Waals surface area contributed by atoms with Crippen LogP contribution in [-0.2, 0) is 4.43 Å². The highest BCUT2D eigenvalue weighted by molar-refractivity contribution is 6.69. The van der Waals surface area contributed by atoms with E-state index in [4.69, 9.17) is 4.43 Å². The number of hydrogen-bond donors (Lipinski definition) is 0. The normalized spacial score (nSPS) is 14.5. The molecule has 1 atom stereocenters. The van der Waals surface area contributed by atoms with E-state index in [0.717, 1.165) is 6.42 Å². The summed E-state index contributed by atoms with van der Waals surface area (Å²) in [5.41, 5.74) is 2.70. The molecule has 2 heteroatoms. The number of rotatable bonds is 5. The minimum Gasteiger partial charge on any atom is -0.550 e. The second kappa shape index (κ2) is 6.06. The van der Waals surface area contributed by atoms with Crippen LogP contribution in [0.25, 0.3) is 0 Å². The molecule has 0 aromatic heterocycles. The number of hydrogen-bond acceptors (Lipinski definition) is 1. The van der Waals surface area contributed by atoms with Crippen LogP contribution in [0.2, 0.25) is 19.6 Å². The summed E-state index contributed by atoms with van der Waals surface area (Å²) in [5.74, 6) is 0.479. The van der Waals surface area contributed by atoms with Crippen molar-refractivity contribution >= 4 is 8.32 Å². The summed E-state index contributed by atoms with van der Waals surface area (Å²) >= 11 is 0. The Bertz CT molecular complexity index is 362. The van der Waals surface area contributed by atoms with Crippen molar-refractivity contribution in [1.82, 2.24) is 0 Å². The third-order valence-electron chi connectivity index (χ3n) is 2.76. The fourth-order valence-corrected chi connectivity index (χ4v) is 2.40. The van der Waals surface area contributed by atoms with Crippen molar-refractivity contribution in [1.29, 1.82) is 0 Å². The number of benzene rings is 1. The highest BCUT2D eigenvalue weighted by Gasteiger charge is 2.16. The van der Waals surface area contributed by atoms with Gasteiger partial charge in [0.05, 0.1) is 6.26 Å². The Morgan fingerprint density at radius 2 is 1.82 bits per heavy atom. The molecule has 1 aromatic carbocycles. The fraction of sp³-hybridized carbons (Fsp3) is 0.467. The van der Waals surface area contributed by atoms with Crippen molar-refractivity contribution in [2.45, 2.75) is 45.8 Å². The van der Waals surface area contributed by atoms with E-state index >= 15 is 0 Å². The predicted molar refractivity (Wildman–Crippen MR) is 77.7 cm³/mol. The molecule has 0 aliphatic heterocycles. The van der Waals surface area contributed by atoms with Gasteiger partial charge >= 0.3 is 0 Å². The van der Waals surface area contributed by atoms with Crippen LogP contribution in [0.1, 0.15) is 31.7 Å². The largest absolute Gasteiger partial charge is 0.550 e. The molecule has 0 fully saturated rings. The topological polar surface area (TPSA) is 9.23 Å². The van der Waals surface area contributed by atoms with Crippen molar-refractivity contribution < 1.29 is 4.43 Å². The first-order valence-electron chi connectivity index (χ1n) is 6.33. The van der Waals surface area contributed by atoms with E-state index in [0.29, 0.717) is 5.92 Å². The Morgan fingerprint density at radius 1 is 1.24 bits per heavy atom. The van der Waals surface area contributed by atoms with Crippen molar-refractivity contribution in [3.8, 4) is 0 Å². The van der Waals surface area contributed by atoms with Gasteiger partial charge in [0, 0.05) is 5.92 Å². The molecule has 1 unspecified atom stereocenters. The molecule has 17 heavy (non-hydrogen) atoms. The summed E-state index contributed by atoms with van der Waals surface area (Å²) in [6, 6.07) is 10.7. The second-order valence-corrected chi connectivity index (χ2v) is 9.92. The molecule has 0 amide bonds. The van der Waals surface area contributed by atoms with Gasteiger partial charge < -0.3 is 4.43 Å². The van der Waals surface area contributed by atoms with Crippen molar-refractivity contribution in [3.05, 3.63) is 47.7 Å². The predicted octanol–water partition coefficient (Wildman–Crippen LogP) is 4.94. The van der Waals surface area contributed by atoms with Crippen molar-refractivity contribution in [2.24, 2.45) is 0 Å². The summed E-state index contributed by atoms with van der Waals surface area (Å²) in [6.07, 6.45) is 3.09. The Balaban J connectivity index is 2.81. The molecular formula is C15H24OSi. The lowest BCUT2D eigenvalue weighted by molar-refractivity contribution is 0.467. The second-order valence-electron chi connectivity index (χ2n) is 5.46. The van der Waals surface area contributed by atoms with Crippen LogP contribution in [0.3, 0.4) is 0 Å². The fourth-order valence-electron chi connectivity index (χ4n) is 1.86. The van der Waals surface area contributed by atoms with Gasteiger partial charge in [0.25, 0.3) is 0 Å². The molecule has 1 aromatic rings. The summed E-state index contributed by atoms with van der Waals surface area (Å²) < 4.78 is 5.87. The maximum atomic E-state index is 5.87. The van der Waals surface area contributed by atoms with Gasteiger partial charge in [0.1, 0.15) is 0 Å². The molecule has 1 rings (SSSR count). The standard InChI is InChI=1S/C15H24OSi/c1-6-15(14-10-8-7-9-11-14)13(2)12-16-17(3,4)5/h7-12,15H,6H2,1-5H3/b13-12+. The van der Waals surface area contributed by atoms with Gasteiger partial charge in [-0.15, -0.1) is 0 Å². The molecule has 0 heterocycles. The van der Waals surface area contributed by atoms with Crippen LogP contribution in [-0.4, -0.2) is 8.32 Å². The average molecular weight is 248 g/mol. The molecule has 0 saturated heterocycles. The van der Waals surface area contributed by atoms with Gasteiger partial charge in [0.15, 0.2) is 0 Å². The zero-order chi connectivity index (χ0) is 12.9. The van der Waals surface area contributed by atoms with E-state index in [2.05, 4.69) is 63.8 Å². The van der Waals surface area contributed by atoms with E-state index in [1.54, 1.807) is 0 Å². The van der Waals surface area contributed by atoms with Gasteiger partial charge in [-0.25, -0.2) is 0 Å². The molecule has 0 radical (unpaired) electrons. The van der Waals surface area contributed by atoms with Gasteiger partial charge in [-0.2, -0.15) is 0 Å². The van der Waals surface area contributed by atoms with E-state index in [-0.39, 0.29) is 0 Å².